The van der Waals surface area contributed by atoms with E-state index in [1.165, 1.54) is 4.68 Å². The van der Waals surface area contributed by atoms with E-state index in [-0.39, 0.29) is 17.2 Å². The first-order valence-electron chi connectivity index (χ1n) is 14.4. The quantitative estimate of drug-likeness (QED) is 0.136. The Hall–Kier alpha value is -2.52. The molecule has 1 aromatic heterocycles. The Balaban J connectivity index is 1.33. The summed E-state index contributed by atoms with van der Waals surface area (Å²) in [6, 6.07) is -1.01. The zero-order chi connectivity index (χ0) is 32.4. The van der Waals surface area contributed by atoms with Crippen molar-refractivity contribution in [2.45, 2.75) is 78.3 Å². The predicted octanol–water partition coefficient (Wildman–Crippen LogP) is -1.77. The van der Waals surface area contributed by atoms with E-state index in [9.17, 15) is 43.8 Å². The van der Waals surface area contributed by atoms with Crippen LogP contribution >= 0.6 is 11.8 Å². The molecule has 18 heteroatoms. The van der Waals surface area contributed by atoms with E-state index in [2.05, 4.69) is 20.9 Å². The highest BCUT2D eigenvalue weighted by atomic mass is 32.2. The first kappa shape index (κ1) is 33.8. The third-order valence-corrected chi connectivity index (χ3v) is 9.66. The van der Waals surface area contributed by atoms with Crippen LogP contribution in [0.4, 0.5) is 13.2 Å². The number of benzene rings is 1. The number of hydrogen-bond donors (Lipinski definition) is 9. The fourth-order valence-electron chi connectivity index (χ4n) is 5.75. The lowest BCUT2D eigenvalue weighted by Gasteiger charge is -2.46. The number of ether oxygens (including phenoxy) is 2. The number of nitrogens with one attached hydrogen (secondary N) is 2. The summed E-state index contributed by atoms with van der Waals surface area (Å²) in [4.78, 5) is 0. The van der Waals surface area contributed by atoms with Crippen LogP contribution in [0.2, 0.25) is 0 Å². The molecule has 4 heterocycles. The Morgan fingerprint density at radius 2 is 1.58 bits per heavy atom. The highest BCUT2D eigenvalue weighted by Gasteiger charge is 2.51. The maximum Gasteiger partial charge on any atom is 0.194 e. The fraction of sp³-hybridized carbons (Fsp3) is 0.630. The van der Waals surface area contributed by atoms with Crippen LogP contribution in [0.3, 0.4) is 0 Å². The smallest absolute Gasteiger partial charge is 0.194 e. The van der Waals surface area contributed by atoms with Gasteiger partial charge in [0.2, 0.25) is 0 Å². The zero-order valence-electron chi connectivity index (χ0n) is 23.9. The van der Waals surface area contributed by atoms with Gasteiger partial charge in [-0.15, -0.1) is 5.10 Å². The van der Waals surface area contributed by atoms with E-state index in [1.54, 1.807) is 6.20 Å². The molecule has 10 N–H and O–H groups in total. The summed E-state index contributed by atoms with van der Waals surface area (Å²) < 4.78 is 53.6. The van der Waals surface area contributed by atoms with Gasteiger partial charge in [-0.05, 0) is 38.1 Å². The number of aromatic nitrogens is 3. The predicted molar refractivity (Wildman–Crippen MR) is 152 cm³/mol. The molecule has 3 fully saturated rings. The third kappa shape index (κ3) is 7.09. The first-order valence-corrected chi connectivity index (χ1v) is 15.4. The van der Waals surface area contributed by atoms with Crippen molar-refractivity contribution in [1.82, 2.24) is 25.6 Å². The molecule has 3 aliphatic rings. The highest BCUT2D eigenvalue weighted by molar-refractivity contribution is 8.00. The Bertz CT molecular complexity index is 1320. The van der Waals surface area contributed by atoms with Gasteiger partial charge in [0.05, 0.1) is 30.6 Å². The van der Waals surface area contributed by atoms with Crippen molar-refractivity contribution in [3.05, 3.63) is 53.2 Å². The number of thioether (sulfide) groups is 1. The number of halogens is 3. The van der Waals surface area contributed by atoms with Gasteiger partial charge in [-0.1, -0.05) is 17.0 Å². The number of aliphatic hydroxyl groups excluding tert-OH is 6. The second-order valence-electron chi connectivity index (χ2n) is 11.2. The van der Waals surface area contributed by atoms with Gasteiger partial charge in [-0.25, -0.2) is 17.9 Å². The van der Waals surface area contributed by atoms with E-state index in [0.29, 0.717) is 17.8 Å². The Labute approximate surface area is 260 Å². The fourth-order valence-corrected chi connectivity index (χ4v) is 7.08. The first-order chi connectivity index (χ1) is 21.5. The molecule has 1 aromatic carbocycles. The maximum atomic E-state index is 13.7. The van der Waals surface area contributed by atoms with Gasteiger partial charge in [0.1, 0.15) is 53.5 Å². The van der Waals surface area contributed by atoms with Crippen molar-refractivity contribution in [2.24, 2.45) is 5.73 Å². The van der Waals surface area contributed by atoms with E-state index < -0.39 is 90.2 Å². The SMILES string of the molecule is N/C(=C\NC1C(O)[C@H](S[C@@H]2O[C@H](CO)C(O)C(n3cc(C4CCNCC4)nn3)[C@H]2O)OC(CO)[C@@H]1O)c1cc(F)c(F)c(F)c1. The summed E-state index contributed by atoms with van der Waals surface area (Å²) in [6.07, 6.45) is -3.89. The number of hydrogen-bond acceptors (Lipinski definition) is 14. The van der Waals surface area contributed by atoms with Crippen molar-refractivity contribution < 1.29 is 53.3 Å². The molecule has 5 unspecified atom stereocenters. The van der Waals surface area contributed by atoms with Gasteiger partial charge in [-0.3, -0.25) is 0 Å². The molecule has 0 spiro atoms. The molecule has 0 radical (unpaired) electrons. The summed E-state index contributed by atoms with van der Waals surface area (Å²) in [5, 5.41) is 78.4. The Morgan fingerprint density at radius 3 is 2.20 bits per heavy atom. The van der Waals surface area contributed by atoms with Crippen molar-refractivity contribution in [3.63, 3.8) is 0 Å². The van der Waals surface area contributed by atoms with E-state index in [1.807, 2.05) is 0 Å². The van der Waals surface area contributed by atoms with Crippen LogP contribution in [0.1, 0.15) is 36.1 Å². The van der Waals surface area contributed by atoms with Gasteiger partial charge < -0.3 is 56.5 Å². The van der Waals surface area contributed by atoms with Crippen LogP contribution in [-0.4, -0.2) is 125 Å². The molecular formula is C27H37F3N6O8S. The molecule has 0 bridgehead atoms. The van der Waals surface area contributed by atoms with E-state index in [4.69, 9.17) is 15.2 Å². The van der Waals surface area contributed by atoms with Gasteiger partial charge in [-0.2, -0.15) is 0 Å². The topological polar surface area (TPSA) is 221 Å². The normalized spacial score (nSPS) is 35.0. The van der Waals surface area contributed by atoms with Crippen LogP contribution in [0, 0.1) is 17.5 Å². The highest BCUT2D eigenvalue weighted by Crippen LogP contribution is 2.40. The van der Waals surface area contributed by atoms with Crippen LogP contribution in [0.25, 0.3) is 5.70 Å². The second-order valence-corrected chi connectivity index (χ2v) is 12.4. The van der Waals surface area contributed by atoms with Gasteiger partial charge in [0, 0.05) is 23.9 Å². The monoisotopic (exact) mass is 662 g/mol. The number of rotatable bonds is 9. The molecule has 2 aromatic rings. The van der Waals surface area contributed by atoms with Crippen molar-refractivity contribution in [1.29, 1.82) is 0 Å². The van der Waals surface area contributed by atoms with Crippen LogP contribution in [0.15, 0.2) is 24.5 Å². The van der Waals surface area contributed by atoms with Crippen molar-refractivity contribution >= 4 is 17.5 Å². The van der Waals surface area contributed by atoms with E-state index >= 15 is 0 Å². The minimum Gasteiger partial charge on any atom is -0.397 e. The van der Waals surface area contributed by atoms with Gasteiger partial charge in [0.15, 0.2) is 17.5 Å². The Kier molecular flexibility index (Phi) is 10.9. The lowest BCUT2D eigenvalue weighted by atomic mass is 9.94. The molecule has 0 saturated carbocycles. The van der Waals surface area contributed by atoms with Crippen LogP contribution < -0.4 is 16.4 Å². The van der Waals surface area contributed by atoms with Crippen molar-refractivity contribution in [3.8, 4) is 0 Å². The number of nitrogens with zero attached hydrogens (tertiary/aromatic N) is 3. The molecule has 0 aliphatic carbocycles. The molecule has 250 valence electrons. The maximum absolute atomic E-state index is 13.7. The molecule has 45 heavy (non-hydrogen) atoms. The lowest BCUT2D eigenvalue weighted by molar-refractivity contribution is -0.184. The average molecular weight is 663 g/mol. The summed E-state index contributed by atoms with van der Waals surface area (Å²) in [7, 11) is 0. The Morgan fingerprint density at radius 1 is 0.978 bits per heavy atom. The third-order valence-electron chi connectivity index (χ3n) is 8.34. The van der Waals surface area contributed by atoms with Crippen molar-refractivity contribution in [2.75, 3.05) is 26.3 Å². The van der Waals surface area contributed by atoms with Crippen LogP contribution in [0.5, 0.6) is 0 Å². The summed E-state index contributed by atoms with van der Waals surface area (Å²) in [6.45, 7) is 0.353. The minimum absolute atomic E-state index is 0.147. The molecule has 14 nitrogen and oxygen atoms in total. The standard InChI is InChI=1S/C27H37F3N6O8S/c28-13-5-12(6-14(29)19(13)30)15(31)7-33-20-22(39)17(9-37)43-26(24(20)41)45-27-25(42)21(23(40)18(10-38)44-27)36-8-16(34-35-36)11-1-3-32-4-2-11/h5-8,11,17-18,20-27,32-33,37-42H,1-4,9-10,31H2/b15-7-/t17?,18-,20?,21?,22+,23?,24?,25-,26+,27+/m1/s1. The average Bonchev–Trinajstić information content (AvgIpc) is 3.52. The summed E-state index contributed by atoms with van der Waals surface area (Å²) in [5.41, 5.74) is 3.67. The molecule has 10 atom stereocenters. The van der Waals surface area contributed by atoms with Gasteiger partial charge in [0.25, 0.3) is 0 Å². The number of nitrogens with two attached hydrogens (primary N) is 1. The zero-order valence-corrected chi connectivity index (χ0v) is 24.7. The van der Waals surface area contributed by atoms with Crippen LogP contribution in [-0.2, 0) is 9.47 Å². The minimum atomic E-state index is -1.67. The molecule has 5 rings (SSSR count). The summed E-state index contributed by atoms with van der Waals surface area (Å²) in [5.74, 6) is -4.45. The lowest BCUT2D eigenvalue weighted by Crippen LogP contribution is -2.63. The molecule has 3 aliphatic heterocycles. The molecule has 0 amide bonds. The number of piperidine rings is 1. The molecular weight excluding hydrogens is 625 g/mol. The summed E-state index contributed by atoms with van der Waals surface area (Å²) >= 11 is 0.782. The second kappa shape index (κ2) is 14.5. The molecule has 3 saturated heterocycles. The van der Waals surface area contributed by atoms with Gasteiger partial charge >= 0.3 is 0 Å². The van der Waals surface area contributed by atoms with E-state index in [0.717, 1.165) is 43.9 Å². The largest absolute Gasteiger partial charge is 0.397 e. The number of aliphatic hydroxyl groups is 6.